The lowest BCUT2D eigenvalue weighted by Gasteiger charge is -1.90. The summed E-state index contributed by atoms with van der Waals surface area (Å²) in [7, 11) is 0. The topological polar surface area (TPSA) is 0 Å². The van der Waals surface area contributed by atoms with Crippen molar-refractivity contribution in [2.24, 2.45) is 0 Å². The second kappa shape index (κ2) is 3.46. The maximum Gasteiger partial charge on any atom is 0.134 e. The molecule has 0 rings (SSSR count). The summed E-state index contributed by atoms with van der Waals surface area (Å²) in [6, 6.07) is 0. The molecule has 0 fully saturated rings. The predicted octanol–water partition coefficient (Wildman–Crippen LogP) is 3.17. The molecule has 0 aliphatic heterocycles. The molecule has 0 nitrogen and oxygen atoms in total. The molecule has 0 aromatic rings. The third-order valence-corrected chi connectivity index (χ3v) is 0.946. The molecule has 0 unspecified atom stereocenters. The zero-order chi connectivity index (χ0) is 7.44. The summed E-state index contributed by atoms with van der Waals surface area (Å²) in [6.45, 7) is 8.24. The number of hydrogen-bond acceptors (Lipinski definition) is 0. The van der Waals surface area contributed by atoms with Crippen LogP contribution in [0.4, 0.5) is 4.39 Å². The van der Waals surface area contributed by atoms with Crippen LogP contribution < -0.4 is 0 Å². The molecule has 0 saturated carbocycles. The summed E-state index contributed by atoms with van der Waals surface area (Å²) in [5.41, 5.74) is 0.707. The van der Waals surface area contributed by atoms with Gasteiger partial charge in [0, 0.05) is 0 Å². The van der Waals surface area contributed by atoms with Gasteiger partial charge in [-0.15, -0.1) is 0 Å². The van der Waals surface area contributed by atoms with Crippen molar-refractivity contribution in [1.82, 2.24) is 0 Å². The Balaban J connectivity index is 4.17. The highest BCUT2D eigenvalue weighted by Gasteiger charge is 1.94. The van der Waals surface area contributed by atoms with Gasteiger partial charge < -0.3 is 0 Å². The van der Waals surface area contributed by atoms with Gasteiger partial charge in [0.2, 0.25) is 0 Å². The van der Waals surface area contributed by atoms with E-state index in [4.69, 9.17) is 11.6 Å². The van der Waals surface area contributed by atoms with Crippen molar-refractivity contribution in [3.05, 3.63) is 35.7 Å². The van der Waals surface area contributed by atoms with E-state index in [2.05, 4.69) is 13.2 Å². The lowest BCUT2D eigenvalue weighted by atomic mass is 10.3. The minimum absolute atomic E-state index is 0.0162. The van der Waals surface area contributed by atoms with Crippen LogP contribution in [0.1, 0.15) is 6.92 Å². The monoisotopic (exact) mass is 146 g/mol. The summed E-state index contributed by atoms with van der Waals surface area (Å²) in [5, 5.41) is 0.0162. The van der Waals surface area contributed by atoms with E-state index in [1.807, 2.05) is 0 Å². The first-order valence-electron chi connectivity index (χ1n) is 2.41. The van der Waals surface area contributed by atoms with E-state index in [0.29, 0.717) is 5.57 Å². The molecule has 0 aliphatic rings. The van der Waals surface area contributed by atoms with E-state index in [1.54, 1.807) is 6.92 Å². The van der Waals surface area contributed by atoms with Crippen LogP contribution in [0.3, 0.4) is 0 Å². The van der Waals surface area contributed by atoms with Crippen molar-refractivity contribution in [3.63, 3.8) is 0 Å². The molecule has 0 aromatic heterocycles. The highest BCUT2D eigenvalue weighted by molar-refractivity contribution is 6.31. The number of rotatable bonds is 2. The molecule has 2 heteroatoms. The van der Waals surface area contributed by atoms with E-state index in [-0.39, 0.29) is 5.03 Å². The van der Waals surface area contributed by atoms with Crippen LogP contribution in [0.25, 0.3) is 0 Å². The molecule has 0 aromatic carbocycles. The van der Waals surface area contributed by atoms with Crippen LogP contribution in [0.2, 0.25) is 0 Å². The average Bonchev–Trinajstić information content (AvgIpc) is 1.63. The van der Waals surface area contributed by atoms with Gasteiger partial charge in [-0.1, -0.05) is 30.3 Å². The Bertz CT molecular complexity index is 168. The van der Waals surface area contributed by atoms with Crippen molar-refractivity contribution < 1.29 is 4.39 Å². The van der Waals surface area contributed by atoms with Gasteiger partial charge in [0.15, 0.2) is 0 Å². The molecule has 0 aliphatic carbocycles. The summed E-state index contributed by atoms with van der Waals surface area (Å²) in [6.07, 6.45) is 1.42. The van der Waals surface area contributed by atoms with E-state index in [0.717, 1.165) is 0 Å². The van der Waals surface area contributed by atoms with Gasteiger partial charge in [0.05, 0.1) is 5.03 Å². The van der Waals surface area contributed by atoms with Crippen molar-refractivity contribution in [1.29, 1.82) is 0 Å². The molecule has 0 saturated heterocycles. The fourth-order valence-corrected chi connectivity index (χ4v) is 0.481. The Labute approximate surface area is 59.3 Å². The number of halogens is 2. The molecular weight excluding hydrogens is 139 g/mol. The second-order valence-electron chi connectivity index (χ2n) is 1.74. The quantitative estimate of drug-likeness (QED) is 0.525. The third-order valence-electron chi connectivity index (χ3n) is 0.632. The van der Waals surface area contributed by atoms with Crippen molar-refractivity contribution in [3.8, 4) is 0 Å². The highest BCUT2D eigenvalue weighted by Crippen LogP contribution is 2.14. The van der Waals surface area contributed by atoms with E-state index in [1.165, 1.54) is 6.08 Å². The third kappa shape index (κ3) is 3.98. The van der Waals surface area contributed by atoms with Gasteiger partial charge >= 0.3 is 0 Å². The SMILES string of the molecule is C=C(C)/C=C(/Cl)C(=C)F. The Kier molecular flexibility index (Phi) is 3.25. The number of hydrogen-bond donors (Lipinski definition) is 0. The molecule has 0 spiro atoms. The predicted molar refractivity (Wildman–Crippen MR) is 39.0 cm³/mol. The normalized spacial score (nSPS) is 11.2. The molecule has 0 atom stereocenters. The molecule has 0 amide bonds. The first-order valence-corrected chi connectivity index (χ1v) is 2.79. The van der Waals surface area contributed by atoms with Crippen molar-refractivity contribution in [2.45, 2.75) is 6.92 Å². The first kappa shape index (κ1) is 8.44. The van der Waals surface area contributed by atoms with Crippen LogP contribution in [-0.2, 0) is 0 Å². The van der Waals surface area contributed by atoms with Crippen molar-refractivity contribution in [2.75, 3.05) is 0 Å². The molecule has 0 heterocycles. The lowest BCUT2D eigenvalue weighted by molar-refractivity contribution is 0.666. The fourth-order valence-electron chi connectivity index (χ4n) is 0.295. The average molecular weight is 147 g/mol. The van der Waals surface area contributed by atoms with Crippen LogP contribution in [0.15, 0.2) is 35.7 Å². The summed E-state index contributed by atoms with van der Waals surface area (Å²) in [5.74, 6) is -0.625. The molecule has 9 heavy (non-hydrogen) atoms. The first-order chi connectivity index (χ1) is 4.04. The zero-order valence-corrected chi connectivity index (χ0v) is 6.00. The maximum atomic E-state index is 12.0. The van der Waals surface area contributed by atoms with E-state index in [9.17, 15) is 4.39 Å². The Morgan fingerprint density at radius 1 is 1.56 bits per heavy atom. The molecule has 0 bridgehead atoms. The van der Waals surface area contributed by atoms with Gasteiger partial charge in [-0.05, 0) is 13.0 Å². The van der Waals surface area contributed by atoms with Crippen LogP contribution in [0, 0.1) is 0 Å². The summed E-state index contributed by atoms with van der Waals surface area (Å²) >= 11 is 5.34. The summed E-state index contributed by atoms with van der Waals surface area (Å²) in [4.78, 5) is 0. The lowest BCUT2D eigenvalue weighted by Crippen LogP contribution is -1.70. The Morgan fingerprint density at radius 2 is 2.00 bits per heavy atom. The Hall–Kier alpha value is -0.560. The smallest absolute Gasteiger partial charge is 0.134 e. The fraction of sp³-hybridized carbons (Fsp3) is 0.143. The zero-order valence-electron chi connectivity index (χ0n) is 5.25. The van der Waals surface area contributed by atoms with Gasteiger partial charge in [0.25, 0.3) is 0 Å². The molecular formula is C7H8ClF. The standard InChI is InChI=1S/C7H8ClF/c1-5(2)4-7(8)6(3)9/h4H,1,3H2,2H3/b7-4+. The Morgan fingerprint density at radius 3 is 2.11 bits per heavy atom. The van der Waals surface area contributed by atoms with Crippen molar-refractivity contribution >= 4 is 11.6 Å². The highest BCUT2D eigenvalue weighted by atomic mass is 35.5. The van der Waals surface area contributed by atoms with Gasteiger partial charge in [-0.25, -0.2) is 4.39 Å². The van der Waals surface area contributed by atoms with Crippen LogP contribution >= 0.6 is 11.6 Å². The minimum Gasteiger partial charge on any atom is -0.206 e. The number of allylic oxidation sites excluding steroid dienone is 4. The minimum atomic E-state index is -0.625. The largest absolute Gasteiger partial charge is 0.206 e. The van der Waals surface area contributed by atoms with Gasteiger partial charge in [-0.3, -0.25) is 0 Å². The molecule has 0 radical (unpaired) electrons. The maximum absolute atomic E-state index is 12.0. The van der Waals surface area contributed by atoms with Gasteiger partial charge in [-0.2, -0.15) is 0 Å². The summed E-state index contributed by atoms with van der Waals surface area (Å²) < 4.78 is 12.0. The van der Waals surface area contributed by atoms with Crippen LogP contribution in [-0.4, -0.2) is 0 Å². The molecule has 50 valence electrons. The van der Waals surface area contributed by atoms with Gasteiger partial charge in [0.1, 0.15) is 5.83 Å². The van der Waals surface area contributed by atoms with Crippen LogP contribution in [0.5, 0.6) is 0 Å². The van der Waals surface area contributed by atoms with E-state index < -0.39 is 5.83 Å². The molecule has 0 N–H and O–H groups in total. The second-order valence-corrected chi connectivity index (χ2v) is 2.15. The van der Waals surface area contributed by atoms with E-state index >= 15 is 0 Å².